The Morgan fingerprint density at radius 2 is 1.67 bits per heavy atom. The Hall–Kier alpha value is -0.150. The molecule has 9 heteroatoms. The van der Waals surface area contributed by atoms with Crippen LogP contribution in [0.3, 0.4) is 0 Å². The van der Waals surface area contributed by atoms with Crippen molar-refractivity contribution in [2.45, 2.75) is 45.3 Å². The molecule has 0 fully saturated rings. The molecule has 0 saturated carbocycles. The standard InChI is InChI=1S/C12H22O7S.Na/c1-8(2)5-12(6-10(13)14,20(16,17)18)11(15)19-7-9(3)4;/h8-9H,5-7H2,1-4H3,(H,13,14)(H,16,17,18);/q;+1/p-1. The Morgan fingerprint density at radius 1 is 1.19 bits per heavy atom. The van der Waals surface area contributed by atoms with E-state index in [0.717, 1.165) is 0 Å². The number of aliphatic carboxylic acids is 1. The fourth-order valence-corrected chi connectivity index (χ4v) is 2.91. The number of carbonyl (C=O) groups is 2. The zero-order chi connectivity index (χ0) is 16.1. The molecular formula is C12H21NaO7S. The molecule has 0 aromatic carbocycles. The van der Waals surface area contributed by atoms with Crippen molar-refractivity contribution < 1.29 is 62.0 Å². The predicted molar refractivity (Wildman–Crippen MR) is 69.2 cm³/mol. The number of ether oxygens (including phenoxy) is 1. The Morgan fingerprint density at radius 3 is 1.95 bits per heavy atom. The molecule has 1 unspecified atom stereocenters. The summed E-state index contributed by atoms with van der Waals surface area (Å²) in [6, 6.07) is 0. The van der Waals surface area contributed by atoms with Gasteiger partial charge in [0.2, 0.25) is 0 Å². The van der Waals surface area contributed by atoms with E-state index in [1.54, 1.807) is 27.7 Å². The van der Waals surface area contributed by atoms with Gasteiger partial charge in [0.1, 0.15) is 0 Å². The van der Waals surface area contributed by atoms with E-state index >= 15 is 0 Å². The van der Waals surface area contributed by atoms with E-state index in [-0.39, 0.29) is 54.4 Å². The van der Waals surface area contributed by atoms with Gasteiger partial charge in [0.25, 0.3) is 10.1 Å². The molecule has 0 bridgehead atoms. The van der Waals surface area contributed by atoms with Crippen molar-refractivity contribution in [1.82, 2.24) is 0 Å². The summed E-state index contributed by atoms with van der Waals surface area (Å²) in [5, 5.41) is 10.8. The maximum absolute atomic E-state index is 12.0. The molecule has 0 radical (unpaired) electrons. The van der Waals surface area contributed by atoms with Gasteiger partial charge >= 0.3 is 35.5 Å². The number of carboxylic acids is 1. The van der Waals surface area contributed by atoms with Crippen LogP contribution in [-0.4, -0.2) is 36.3 Å². The molecule has 7 nitrogen and oxygen atoms in total. The summed E-state index contributed by atoms with van der Waals surface area (Å²) in [5.74, 6) is -3.40. The summed E-state index contributed by atoms with van der Waals surface area (Å²) in [6.07, 6.45) is -1.50. The zero-order valence-electron chi connectivity index (χ0n) is 13.1. The van der Waals surface area contributed by atoms with Crippen molar-refractivity contribution in [2.75, 3.05) is 6.61 Å². The fraction of sp³-hybridized carbons (Fsp3) is 0.833. The first-order chi connectivity index (χ1) is 8.92. The summed E-state index contributed by atoms with van der Waals surface area (Å²) >= 11 is 0. The van der Waals surface area contributed by atoms with E-state index in [9.17, 15) is 27.7 Å². The van der Waals surface area contributed by atoms with Gasteiger partial charge in [0, 0.05) is 12.4 Å². The summed E-state index contributed by atoms with van der Waals surface area (Å²) in [7, 11) is -4.96. The van der Waals surface area contributed by atoms with Crippen molar-refractivity contribution in [3.63, 3.8) is 0 Å². The van der Waals surface area contributed by atoms with Gasteiger partial charge in [-0.2, -0.15) is 8.42 Å². The number of hydrogen-bond acceptors (Lipinski definition) is 6. The third-order valence-electron chi connectivity index (χ3n) is 2.58. The SMILES string of the molecule is CC(C)COC(=O)C(CC(=O)[O-])(CC(C)C)S(=O)(=O)O.[Na+]. The molecule has 0 amide bonds. The monoisotopic (exact) mass is 332 g/mol. The molecule has 21 heavy (non-hydrogen) atoms. The number of carboxylic acid groups (broad SMARTS) is 1. The van der Waals surface area contributed by atoms with Crippen molar-refractivity contribution >= 4 is 22.1 Å². The molecule has 0 aromatic rings. The number of esters is 1. The van der Waals surface area contributed by atoms with Crippen LogP contribution in [0.1, 0.15) is 40.5 Å². The predicted octanol–water partition coefficient (Wildman–Crippen LogP) is -3.00. The van der Waals surface area contributed by atoms with E-state index in [0.29, 0.717) is 0 Å². The van der Waals surface area contributed by atoms with Crippen LogP contribution < -0.4 is 34.7 Å². The molecule has 0 aliphatic heterocycles. The molecule has 1 atom stereocenters. The van der Waals surface area contributed by atoms with Crippen LogP contribution in [0.4, 0.5) is 0 Å². The summed E-state index contributed by atoms with van der Waals surface area (Å²) in [6.45, 7) is 6.62. The molecule has 1 N–H and O–H groups in total. The maximum Gasteiger partial charge on any atom is 1.00 e. The van der Waals surface area contributed by atoms with Crippen LogP contribution in [0.25, 0.3) is 0 Å². The topological polar surface area (TPSA) is 121 Å². The van der Waals surface area contributed by atoms with Gasteiger partial charge in [0.15, 0.2) is 4.75 Å². The first-order valence-electron chi connectivity index (χ1n) is 6.26. The summed E-state index contributed by atoms with van der Waals surface area (Å²) in [4.78, 5) is 22.8. The summed E-state index contributed by atoms with van der Waals surface area (Å²) in [5.41, 5.74) is 0. The normalized spacial score (nSPS) is 14.4. The number of hydrogen-bond donors (Lipinski definition) is 1. The molecule has 118 valence electrons. The molecule has 0 aliphatic rings. The second kappa shape index (κ2) is 9.09. The molecular weight excluding hydrogens is 311 g/mol. The molecule has 0 aliphatic carbocycles. The van der Waals surface area contributed by atoms with Crippen molar-refractivity contribution in [3.8, 4) is 0 Å². The Labute approximate surface area is 147 Å². The van der Waals surface area contributed by atoms with Gasteiger partial charge in [-0.15, -0.1) is 0 Å². The van der Waals surface area contributed by atoms with Crippen LogP contribution in [0.15, 0.2) is 0 Å². The van der Waals surface area contributed by atoms with Crippen LogP contribution in [0.5, 0.6) is 0 Å². The zero-order valence-corrected chi connectivity index (χ0v) is 15.9. The number of rotatable bonds is 8. The Balaban J connectivity index is 0. The average Bonchev–Trinajstić information content (AvgIpc) is 2.21. The number of carbonyl (C=O) groups excluding carboxylic acids is 2. The largest absolute Gasteiger partial charge is 1.00 e. The van der Waals surface area contributed by atoms with E-state index in [1.165, 1.54) is 0 Å². The van der Waals surface area contributed by atoms with E-state index in [2.05, 4.69) is 0 Å². The first kappa shape index (κ1) is 23.1. The van der Waals surface area contributed by atoms with Crippen molar-refractivity contribution in [1.29, 1.82) is 0 Å². The Kier molecular flexibility index (Phi) is 10.0. The van der Waals surface area contributed by atoms with E-state index in [4.69, 9.17) is 4.74 Å². The second-order valence-corrected chi connectivity index (χ2v) is 7.34. The van der Waals surface area contributed by atoms with Crippen molar-refractivity contribution in [2.24, 2.45) is 11.8 Å². The fourth-order valence-electron chi connectivity index (χ4n) is 1.80. The van der Waals surface area contributed by atoms with Crippen molar-refractivity contribution in [3.05, 3.63) is 0 Å². The minimum Gasteiger partial charge on any atom is -0.550 e. The quantitative estimate of drug-likeness (QED) is 0.286. The van der Waals surface area contributed by atoms with Crippen LogP contribution in [0.2, 0.25) is 0 Å². The first-order valence-corrected chi connectivity index (χ1v) is 7.70. The Bertz CT molecular complexity index is 458. The second-order valence-electron chi connectivity index (χ2n) is 5.61. The van der Waals surface area contributed by atoms with E-state index < -0.39 is 33.2 Å². The van der Waals surface area contributed by atoms with Gasteiger partial charge in [0.05, 0.1) is 6.61 Å². The molecule has 0 heterocycles. The average molecular weight is 332 g/mol. The van der Waals surface area contributed by atoms with Gasteiger partial charge in [-0.3, -0.25) is 9.35 Å². The van der Waals surface area contributed by atoms with Gasteiger partial charge in [-0.1, -0.05) is 27.7 Å². The van der Waals surface area contributed by atoms with Gasteiger partial charge < -0.3 is 14.6 Å². The third kappa shape index (κ3) is 7.10. The smallest absolute Gasteiger partial charge is 0.550 e. The molecule has 0 saturated heterocycles. The minimum atomic E-state index is -4.96. The third-order valence-corrected chi connectivity index (χ3v) is 4.05. The van der Waals surface area contributed by atoms with Gasteiger partial charge in [-0.05, 0) is 18.3 Å². The molecule has 0 rings (SSSR count). The molecule has 0 spiro atoms. The van der Waals surface area contributed by atoms with E-state index in [1.807, 2.05) is 0 Å². The van der Waals surface area contributed by atoms with Gasteiger partial charge in [-0.25, -0.2) is 0 Å². The van der Waals surface area contributed by atoms with Crippen LogP contribution in [-0.2, 0) is 24.4 Å². The molecule has 0 aromatic heterocycles. The summed E-state index contributed by atoms with van der Waals surface area (Å²) < 4.78 is 34.8. The van der Waals surface area contributed by atoms with Crippen LogP contribution >= 0.6 is 0 Å². The van der Waals surface area contributed by atoms with Crippen LogP contribution in [0, 0.1) is 11.8 Å². The minimum absolute atomic E-state index is 0. The maximum atomic E-state index is 12.0.